The first kappa shape index (κ1) is 19.1. The third-order valence-electron chi connectivity index (χ3n) is 4.66. The minimum atomic E-state index is 0.142. The highest BCUT2D eigenvalue weighted by atomic mass is 35.5. The lowest BCUT2D eigenvalue weighted by molar-refractivity contribution is 0.518. The molecule has 3 aromatic rings. The van der Waals surface area contributed by atoms with Crippen molar-refractivity contribution in [3.05, 3.63) is 89.0 Å². The van der Waals surface area contributed by atoms with Gasteiger partial charge in [-0.2, -0.15) is 11.8 Å². The summed E-state index contributed by atoms with van der Waals surface area (Å²) in [6.07, 6.45) is 7.88. The standard InChI is InChI=1S/C22H25ClN2S/c1-18-3-5-20(6-4-18)16-26-22(2,11-13-25-14-12-24-17-25)15-19-7-9-21(23)10-8-19/h3-10,12,14,17H,11,13,15-16H2,1-2H3. The van der Waals surface area contributed by atoms with E-state index < -0.39 is 0 Å². The zero-order chi connectivity index (χ0) is 18.4. The van der Waals surface area contributed by atoms with E-state index in [4.69, 9.17) is 11.6 Å². The Labute approximate surface area is 165 Å². The number of nitrogens with zero attached hydrogens (tertiary/aromatic N) is 2. The molecule has 1 atom stereocenters. The number of halogens is 1. The van der Waals surface area contributed by atoms with E-state index in [0.717, 1.165) is 30.2 Å². The van der Waals surface area contributed by atoms with E-state index in [1.54, 1.807) is 0 Å². The molecule has 0 bridgehead atoms. The van der Waals surface area contributed by atoms with Crippen molar-refractivity contribution in [3.63, 3.8) is 0 Å². The Kier molecular flexibility index (Phi) is 6.44. The molecule has 2 nitrogen and oxygen atoms in total. The highest BCUT2D eigenvalue weighted by molar-refractivity contribution is 7.99. The first-order valence-electron chi connectivity index (χ1n) is 8.92. The number of thioether (sulfide) groups is 1. The Morgan fingerprint density at radius 3 is 2.38 bits per heavy atom. The molecular weight excluding hydrogens is 360 g/mol. The van der Waals surface area contributed by atoms with Gasteiger partial charge in [0.15, 0.2) is 0 Å². The molecule has 0 aliphatic carbocycles. The normalized spacial score (nSPS) is 13.5. The van der Waals surface area contributed by atoms with Crippen molar-refractivity contribution in [2.75, 3.05) is 0 Å². The van der Waals surface area contributed by atoms with Crippen LogP contribution in [0.3, 0.4) is 0 Å². The van der Waals surface area contributed by atoms with E-state index >= 15 is 0 Å². The third-order valence-corrected chi connectivity index (χ3v) is 6.43. The highest BCUT2D eigenvalue weighted by Crippen LogP contribution is 2.36. The molecule has 4 heteroatoms. The Morgan fingerprint density at radius 1 is 1.04 bits per heavy atom. The van der Waals surface area contributed by atoms with Gasteiger partial charge in [-0.1, -0.05) is 60.5 Å². The van der Waals surface area contributed by atoms with E-state index in [-0.39, 0.29) is 4.75 Å². The topological polar surface area (TPSA) is 17.8 Å². The molecule has 1 aromatic heterocycles. The van der Waals surface area contributed by atoms with Crippen LogP contribution in [0.25, 0.3) is 0 Å². The Morgan fingerprint density at radius 2 is 1.73 bits per heavy atom. The molecule has 3 rings (SSSR count). The van der Waals surface area contributed by atoms with Crippen LogP contribution >= 0.6 is 23.4 Å². The molecule has 136 valence electrons. The third kappa shape index (κ3) is 5.65. The Bertz CT molecular complexity index is 797. The van der Waals surface area contributed by atoms with Crippen LogP contribution in [0.5, 0.6) is 0 Å². The summed E-state index contributed by atoms with van der Waals surface area (Å²) in [6, 6.07) is 17.1. The summed E-state index contributed by atoms with van der Waals surface area (Å²) in [5.74, 6) is 1.02. The number of rotatable bonds is 8. The molecule has 0 N–H and O–H groups in total. The molecule has 0 amide bonds. The quantitative estimate of drug-likeness (QED) is 0.462. The number of imidazole rings is 1. The number of hydrogen-bond acceptors (Lipinski definition) is 2. The summed E-state index contributed by atoms with van der Waals surface area (Å²) in [6.45, 7) is 5.48. The van der Waals surface area contributed by atoms with Gasteiger partial charge < -0.3 is 4.57 Å². The maximum Gasteiger partial charge on any atom is 0.0945 e. The van der Waals surface area contributed by atoms with Crippen molar-refractivity contribution in [2.24, 2.45) is 0 Å². The maximum atomic E-state index is 6.05. The second-order valence-corrected chi connectivity index (χ2v) is 9.08. The lowest BCUT2D eigenvalue weighted by atomic mass is 9.97. The van der Waals surface area contributed by atoms with Gasteiger partial charge in [-0.05, 0) is 43.0 Å². The van der Waals surface area contributed by atoms with Gasteiger partial charge in [0.05, 0.1) is 6.33 Å². The SMILES string of the molecule is Cc1ccc(CSC(C)(CCn2ccnc2)Cc2ccc(Cl)cc2)cc1. The van der Waals surface area contributed by atoms with Crippen LogP contribution in [-0.2, 0) is 18.7 Å². The first-order valence-corrected chi connectivity index (χ1v) is 10.3. The van der Waals surface area contributed by atoms with E-state index in [1.807, 2.05) is 42.6 Å². The molecular formula is C22H25ClN2S. The van der Waals surface area contributed by atoms with Gasteiger partial charge in [-0.3, -0.25) is 0 Å². The average molecular weight is 385 g/mol. The molecule has 2 aromatic carbocycles. The average Bonchev–Trinajstić information content (AvgIpc) is 3.16. The maximum absolute atomic E-state index is 6.05. The van der Waals surface area contributed by atoms with Gasteiger partial charge in [0.2, 0.25) is 0 Å². The smallest absolute Gasteiger partial charge is 0.0945 e. The van der Waals surface area contributed by atoms with Gasteiger partial charge >= 0.3 is 0 Å². The van der Waals surface area contributed by atoms with E-state index in [1.165, 1.54) is 16.7 Å². The van der Waals surface area contributed by atoms with E-state index in [2.05, 4.69) is 59.8 Å². The Balaban J connectivity index is 1.70. The summed E-state index contributed by atoms with van der Waals surface area (Å²) < 4.78 is 2.30. The number of benzene rings is 2. The number of aromatic nitrogens is 2. The Hall–Kier alpha value is -1.71. The van der Waals surface area contributed by atoms with Crippen LogP contribution in [-0.4, -0.2) is 14.3 Å². The summed E-state index contributed by atoms with van der Waals surface area (Å²) in [5.41, 5.74) is 4.02. The predicted octanol–water partition coefficient (Wildman–Crippen LogP) is 6.17. The van der Waals surface area contributed by atoms with Crippen LogP contribution in [0.2, 0.25) is 5.02 Å². The van der Waals surface area contributed by atoms with Crippen molar-refractivity contribution >= 4 is 23.4 Å². The fraction of sp³-hybridized carbons (Fsp3) is 0.318. The van der Waals surface area contributed by atoms with Crippen LogP contribution < -0.4 is 0 Å². The molecule has 0 spiro atoms. The predicted molar refractivity (Wildman–Crippen MR) is 113 cm³/mol. The zero-order valence-electron chi connectivity index (χ0n) is 15.4. The number of hydrogen-bond donors (Lipinski definition) is 0. The number of aryl methyl sites for hydroxylation is 2. The van der Waals surface area contributed by atoms with Crippen molar-refractivity contribution in [1.82, 2.24) is 9.55 Å². The van der Waals surface area contributed by atoms with Crippen LogP contribution in [0.15, 0.2) is 67.3 Å². The van der Waals surface area contributed by atoms with Crippen molar-refractivity contribution in [3.8, 4) is 0 Å². The fourth-order valence-corrected chi connectivity index (χ4v) is 4.31. The largest absolute Gasteiger partial charge is 0.337 e. The highest BCUT2D eigenvalue weighted by Gasteiger charge is 2.25. The second-order valence-electron chi connectivity index (χ2n) is 7.08. The lowest BCUT2D eigenvalue weighted by Gasteiger charge is -2.30. The molecule has 0 fully saturated rings. The summed E-state index contributed by atoms with van der Waals surface area (Å²) in [4.78, 5) is 4.16. The van der Waals surface area contributed by atoms with E-state index in [0.29, 0.717) is 0 Å². The molecule has 0 saturated heterocycles. The van der Waals surface area contributed by atoms with Crippen molar-refractivity contribution < 1.29 is 0 Å². The summed E-state index contributed by atoms with van der Waals surface area (Å²) in [7, 11) is 0. The second kappa shape index (κ2) is 8.79. The van der Waals surface area contributed by atoms with Gasteiger partial charge in [0, 0.05) is 34.5 Å². The fourth-order valence-electron chi connectivity index (χ4n) is 2.97. The molecule has 0 radical (unpaired) electrons. The molecule has 26 heavy (non-hydrogen) atoms. The molecule has 0 saturated carbocycles. The first-order chi connectivity index (χ1) is 12.5. The van der Waals surface area contributed by atoms with Crippen molar-refractivity contribution in [2.45, 2.75) is 43.7 Å². The molecule has 1 heterocycles. The van der Waals surface area contributed by atoms with E-state index in [9.17, 15) is 0 Å². The molecule has 1 unspecified atom stereocenters. The van der Waals surface area contributed by atoms with Gasteiger partial charge in [-0.15, -0.1) is 0 Å². The molecule has 0 aliphatic heterocycles. The monoisotopic (exact) mass is 384 g/mol. The summed E-state index contributed by atoms with van der Waals surface area (Å²) in [5, 5.41) is 0.793. The van der Waals surface area contributed by atoms with Gasteiger partial charge in [0.25, 0.3) is 0 Å². The summed E-state index contributed by atoms with van der Waals surface area (Å²) >= 11 is 8.09. The van der Waals surface area contributed by atoms with Gasteiger partial charge in [-0.25, -0.2) is 4.98 Å². The lowest BCUT2D eigenvalue weighted by Crippen LogP contribution is -2.26. The van der Waals surface area contributed by atoms with Gasteiger partial charge in [0.1, 0.15) is 0 Å². The van der Waals surface area contributed by atoms with Crippen LogP contribution in [0.4, 0.5) is 0 Å². The molecule has 0 aliphatic rings. The van der Waals surface area contributed by atoms with Crippen LogP contribution in [0, 0.1) is 6.92 Å². The van der Waals surface area contributed by atoms with Crippen molar-refractivity contribution in [1.29, 1.82) is 0 Å². The minimum Gasteiger partial charge on any atom is -0.337 e. The van der Waals surface area contributed by atoms with Crippen LogP contribution in [0.1, 0.15) is 30.0 Å². The minimum absolute atomic E-state index is 0.142. The zero-order valence-corrected chi connectivity index (χ0v) is 16.9.